The van der Waals surface area contributed by atoms with Gasteiger partial charge in [-0.2, -0.15) is 0 Å². The first-order chi connectivity index (χ1) is 7.77. The van der Waals surface area contributed by atoms with Crippen LogP contribution in [0.5, 0.6) is 0 Å². The van der Waals surface area contributed by atoms with Crippen molar-refractivity contribution in [2.75, 3.05) is 26.3 Å². The van der Waals surface area contributed by atoms with Crippen molar-refractivity contribution < 1.29 is 4.74 Å². The first kappa shape index (κ1) is 13.5. The summed E-state index contributed by atoms with van der Waals surface area (Å²) in [5, 5.41) is 4.14. The van der Waals surface area contributed by atoms with E-state index in [-0.39, 0.29) is 0 Å². The molecule has 0 heterocycles. The number of rotatable bonds is 7. The van der Waals surface area contributed by atoms with E-state index in [0.717, 1.165) is 31.3 Å². The summed E-state index contributed by atoms with van der Waals surface area (Å²) >= 11 is 5.88. The minimum atomic E-state index is 0.400. The summed E-state index contributed by atoms with van der Waals surface area (Å²) in [5.74, 6) is 0.400. The van der Waals surface area contributed by atoms with Crippen molar-refractivity contribution in [2.24, 2.45) is 0 Å². The molecular weight excluding hydrogens is 222 g/mol. The summed E-state index contributed by atoms with van der Waals surface area (Å²) < 4.78 is 5.50. The summed E-state index contributed by atoms with van der Waals surface area (Å²) in [6.45, 7) is 7.57. The van der Waals surface area contributed by atoms with Crippen molar-refractivity contribution >= 4 is 11.6 Å². The predicted octanol–water partition coefficient (Wildman–Crippen LogP) is 3.07. The SMILES string of the molecule is CCNCC(COCC)c1ccc(Cl)cc1. The minimum absolute atomic E-state index is 0.400. The maximum absolute atomic E-state index is 5.88. The standard InChI is InChI=1S/C13H20ClNO/c1-3-15-9-12(10-16-4-2)11-5-7-13(14)8-6-11/h5-8,12,15H,3-4,9-10H2,1-2H3. The highest BCUT2D eigenvalue weighted by Crippen LogP contribution is 2.18. The normalized spacial score (nSPS) is 12.7. The van der Waals surface area contributed by atoms with Gasteiger partial charge >= 0.3 is 0 Å². The van der Waals surface area contributed by atoms with E-state index in [1.165, 1.54) is 5.56 Å². The van der Waals surface area contributed by atoms with Gasteiger partial charge in [-0.3, -0.25) is 0 Å². The fourth-order valence-electron chi connectivity index (χ4n) is 1.59. The van der Waals surface area contributed by atoms with Crippen LogP contribution in [0.2, 0.25) is 5.02 Å². The molecule has 0 aliphatic rings. The zero-order valence-corrected chi connectivity index (χ0v) is 10.8. The maximum Gasteiger partial charge on any atom is 0.0546 e. The molecule has 16 heavy (non-hydrogen) atoms. The lowest BCUT2D eigenvalue weighted by Gasteiger charge is -2.17. The molecule has 0 aliphatic heterocycles. The number of benzene rings is 1. The Labute approximate surface area is 103 Å². The predicted molar refractivity (Wildman–Crippen MR) is 69.2 cm³/mol. The Bertz CT molecular complexity index is 278. The van der Waals surface area contributed by atoms with E-state index in [2.05, 4.69) is 24.4 Å². The van der Waals surface area contributed by atoms with Gasteiger partial charge in [0.2, 0.25) is 0 Å². The van der Waals surface area contributed by atoms with Crippen LogP contribution in [0.25, 0.3) is 0 Å². The smallest absolute Gasteiger partial charge is 0.0546 e. The van der Waals surface area contributed by atoms with Crippen molar-refractivity contribution in [3.8, 4) is 0 Å². The molecule has 2 nitrogen and oxygen atoms in total. The third-order valence-corrected chi connectivity index (χ3v) is 2.76. The Kier molecular flexibility index (Phi) is 6.46. The molecule has 0 saturated carbocycles. The van der Waals surface area contributed by atoms with E-state index < -0.39 is 0 Å². The molecular formula is C13H20ClNO. The van der Waals surface area contributed by atoms with Gasteiger partial charge in [0.05, 0.1) is 6.61 Å². The lowest BCUT2D eigenvalue weighted by Crippen LogP contribution is -2.24. The van der Waals surface area contributed by atoms with Gasteiger partial charge in [-0.25, -0.2) is 0 Å². The van der Waals surface area contributed by atoms with E-state index in [4.69, 9.17) is 16.3 Å². The van der Waals surface area contributed by atoms with Gasteiger partial charge in [-0.1, -0.05) is 30.7 Å². The molecule has 0 saturated heterocycles. The summed E-state index contributed by atoms with van der Waals surface area (Å²) in [7, 11) is 0. The molecule has 0 aliphatic carbocycles. The highest BCUT2D eigenvalue weighted by molar-refractivity contribution is 6.30. The average Bonchev–Trinajstić information content (AvgIpc) is 2.31. The Hall–Kier alpha value is -0.570. The molecule has 0 spiro atoms. The third-order valence-electron chi connectivity index (χ3n) is 2.51. The molecule has 0 amide bonds. The molecule has 0 fully saturated rings. The van der Waals surface area contributed by atoms with Crippen LogP contribution >= 0.6 is 11.6 Å². The molecule has 0 aromatic heterocycles. The fourth-order valence-corrected chi connectivity index (χ4v) is 1.71. The quantitative estimate of drug-likeness (QED) is 0.792. The topological polar surface area (TPSA) is 21.3 Å². The minimum Gasteiger partial charge on any atom is -0.381 e. The van der Waals surface area contributed by atoms with Gasteiger partial charge in [0.15, 0.2) is 0 Å². The van der Waals surface area contributed by atoms with Crippen LogP contribution in [0, 0.1) is 0 Å². The van der Waals surface area contributed by atoms with Crippen LogP contribution in [0.3, 0.4) is 0 Å². The Morgan fingerprint density at radius 2 is 1.94 bits per heavy atom. The number of hydrogen-bond donors (Lipinski definition) is 1. The molecule has 1 aromatic rings. The van der Waals surface area contributed by atoms with Crippen LogP contribution in [-0.2, 0) is 4.74 Å². The molecule has 1 rings (SSSR count). The molecule has 0 radical (unpaired) electrons. The Morgan fingerprint density at radius 1 is 1.25 bits per heavy atom. The molecule has 1 atom stereocenters. The first-order valence-corrected chi connectivity index (χ1v) is 6.19. The Balaban J connectivity index is 2.62. The summed E-state index contributed by atoms with van der Waals surface area (Å²) in [6, 6.07) is 8.01. The molecule has 1 unspecified atom stereocenters. The number of hydrogen-bond acceptors (Lipinski definition) is 2. The van der Waals surface area contributed by atoms with Gasteiger partial charge in [0.1, 0.15) is 0 Å². The van der Waals surface area contributed by atoms with Gasteiger partial charge in [-0.15, -0.1) is 0 Å². The van der Waals surface area contributed by atoms with E-state index >= 15 is 0 Å². The van der Waals surface area contributed by atoms with Crippen LogP contribution < -0.4 is 5.32 Å². The summed E-state index contributed by atoms with van der Waals surface area (Å²) in [4.78, 5) is 0. The second-order valence-corrected chi connectivity index (χ2v) is 4.15. The number of ether oxygens (including phenoxy) is 1. The van der Waals surface area contributed by atoms with Crippen molar-refractivity contribution in [1.82, 2.24) is 5.32 Å². The van der Waals surface area contributed by atoms with Gasteiger partial charge in [-0.05, 0) is 31.2 Å². The van der Waals surface area contributed by atoms with Crippen molar-refractivity contribution in [1.29, 1.82) is 0 Å². The second kappa shape index (κ2) is 7.66. The zero-order chi connectivity index (χ0) is 11.8. The molecule has 90 valence electrons. The number of halogens is 1. The summed E-state index contributed by atoms with van der Waals surface area (Å²) in [5.41, 5.74) is 1.28. The van der Waals surface area contributed by atoms with E-state index in [9.17, 15) is 0 Å². The van der Waals surface area contributed by atoms with E-state index in [1.807, 2.05) is 19.1 Å². The lowest BCUT2D eigenvalue weighted by molar-refractivity contribution is 0.131. The number of likely N-dealkylation sites (N-methyl/N-ethyl adjacent to an activating group) is 1. The van der Waals surface area contributed by atoms with Crippen molar-refractivity contribution in [3.63, 3.8) is 0 Å². The summed E-state index contributed by atoms with van der Waals surface area (Å²) in [6.07, 6.45) is 0. The Morgan fingerprint density at radius 3 is 2.50 bits per heavy atom. The molecule has 1 aromatic carbocycles. The van der Waals surface area contributed by atoms with Crippen molar-refractivity contribution in [3.05, 3.63) is 34.9 Å². The van der Waals surface area contributed by atoms with E-state index in [1.54, 1.807) is 0 Å². The van der Waals surface area contributed by atoms with Crippen LogP contribution in [0.1, 0.15) is 25.3 Å². The third kappa shape index (κ3) is 4.52. The highest BCUT2D eigenvalue weighted by atomic mass is 35.5. The van der Waals surface area contributed by atoms with Crippen LogP contribution in [-0.4, -0.2) is 26.3 Å². The second-order valence-electron chi connectivity index (χ2n) is 3.72. The first-order valence-electron chi connectivity index (χ1n) is 5.81. The fraction of sp³-hybridized carbons (Fsp3) is 0.538. The van der Waals surface area contributed by atoms with Gasteiger partial charge < -0.3 is 10.1 Å². The van der Waals surface area contributed by atoms with Crippen LogP contribution in [0.15, 0.2) is 24.3 Å². The van der Waals surface area contributed by atoms with Gasteiger partial charge in [0.25, 0.3) is 0 Å². The van der Waals surface area contributed by atoms with E-state index in [0.29, 0.717) is 5.92 Å². The number of nitrogens with one attached hydrogen (secondary N) is 1. The van der Waals surface area contributed by atoms with Crippen LogP contribution in [0.4, 0.5) is 0 Å². The largest absolute Gasteiger partial charge is 0.381 e. The lowest BCUT2D eigenvalue weighted by atomic mass is 10.00. The maximum atomic E-state index is 5.88. The highest BCUT2D eigenvalue weighted by Gasteiger charge is 2.10. The molecule has 1 N–H and O–H groups in total. The zero-order valence-electron chi connectivity index (χ0n) is 10.0. The molecule has 0 bridgehead atoms. The van der Waals surface area contributed by atoms with Gasteiger partial charge in [0, 0.05) is 24.1 Å². The average molecular weight is 242 g/mol. The van der Waals surface area contributed by atoms with Crippen molar-refractivity contribution in [2.45, 2.75) is 19.8 Å². The monoisotopic (exact) mass is 241 g/mol. The molecule has 3 heteroatoms.